The highest BCUT2D eigenvalue weighted by Gasteiger charge is 2.53. The minimum atomic E-state index is -1.90. The lowest BCUT2D eigenvalue weighted by atomic mass is 9.96. The Bertz CT molecular complexity index is 851. The SMILES string of the molecule is C[C@@H]1O[C@@H](O)[C@@H](O)[C@@H](O)[C@@H]1O[C@H]1OC[C@@H](O[C@H]2O[C@@H](CO)[C@@H](O[C@H]3O[C@@H](CO)[C@@H](O)[C@@H](O)[C@H]3O)[C@@H](O)[C@H]2O)[C@@H](O)[C@H]1O. The number of aliphatic hydroxyl groups is 12. The maximum absolute atomic E-state index is 10.7. The normalized spacial score (nSPS) is 54.1. The molecule has 0 bridgehead atoms. The van der Waals surface area contributed by atoms with Crippen LogP contribution in [0.15, 0.2) is 0 Å². The maximum Gasteiger partial charge on any atom is 0.187 e. The molecule has 0 aliphatic carbocycles. The first-order chi connectivity index (χ1) is 19.8. The van der Waals surface area contributed by atoms with Gasteiger partial charge in [0.25, 0.3) is 0 Å². The van der Waals surface area contributed by atoms with Crippen LogP contribution in [0.2, 0.25) is 0 Å². The molecule has 19 atom stereocenters. The fourth-order valence-corrected chi connectivity index (χ4v) is 5.21. The second-order valence-corrected chi connectivity index (χ2v) is 10.7. The van der Waals surface area contributed by atoms with E-state index in [1.807, 2.05) is 0 Å². The molecule has 0 aromatic heterocycles. The molecule has 0 unspecified atom stereocenters. The van der Waals surface area contributed by atoms with Gasteiger partial charge in [-0.25, -0.2) is 0 Å². The molecule has 0 radical (unpaired) electrons. The van der Waals surface area contributed by atoms with Crippen molar-refractivity contribution in [1.29, 1.82) is 0 Å². The van der Waals surface area contributed by atoms with Crippen molar-refractivity contribution in [2.24, 2.45) is 0 Å². The third-order valence-corrected chi connectivity index (χ3v) is 7.79. The van der Waals surface area contributed by atoms with E-state index in [0.29, 0.717) is 0 Å². The summed E-state index contributed by atoms with van der Waals surface area (Å²) >= 11 is 0. The number of rotatable bonds is 8. The van der Waals surface area contributed by atoms with Gasteiger partial charge in [-0.2, -0.15) is 0 Å². The van der Waals surface area contributed by atoms with Crippen LogP contribution >= 0.6 is 0 Å². The summed E-state index contributed by atoms with van der Waals surface area (Å²) in [5, 5.41) is 122. The van der Waals surface area contributed by atoms with Gasteiger partial charge in [-0.3, -0.25) is 0 Å². The van der Waals surface area contributed by atoms with Gasteiger partial charge in [0.2, 0.25) is 0 Å². The van der Waals surface area contributed by atoms with Gasteiger partial charge in [0.1, 0.15) is 85.5 Å². The molecule has 246 valence electrons. The summed E-state index contributed by atoms with van der Waals surface area (Å²) in [5.74, 6) is 0. The van der Waals surface area contributed by atoms with Crippen molar-refractivity contribution in [3.05, 3.63) is 0 Å². The van der Waals surface area contributed by atoms with Crippen molar-refractivity contribution in [2.45, 2.75) is 124 Å². The molecule has 19 nitrogen and oxygen atoms in total. The van der Waals surface area contributed by atoms with E-state index >= 15 is 0 Å². The van der Waals surface area contributed by atoms with Gasteiger partial charge in [-0.1, -0.05) is 0 Å². The lowest BCUT2D eigenvalue weighted by Gasteiger charge is -2.47. The molecule has 0 aromatic carbocycles. The third kappa shape index (κ3) is 6.74. The summed E-state index contributed by atoms with van der Waals surface area (Å²) < 4.78 is 37.8. The number of ether oxygens (including phenoxy) is 7. The molecule has 0 amide bonds. The van der Waals surface area contributed by atoms with Gasteiger partial charge in [0.05, 0.1) is 25.9 Å². The Kier molecular flexibility index (Phi) is 11.5. The first kappa shape index (κ1) is 34.1. The van der Waals surface area contributed by atoms with Gasteiger partial charge < -0.3 is 94.4 Å². The van der Waals surface area contributed by atoms with Crippen LogP contribution < -0.4 is 0 Å². The molecule has 0 saturated carbocycles. The Morgan fingerprint density at radius 1 is 0.524 bits per heavy atom. The van der Waals surface area contributed by atoms with Crippen LogP contribution in [0.3, 0.4) is 0 Å². The molecule has 4 aliphatic rings. The predicted molar refractivity (Wildman–Crippen MR) is 126 cm³/mol. The predicted octanol–water partition coefficient (Wildman–Crippen LogP) is -8.08. The standard InChI is InChI=1S/C23H40O19/c1-5-18(12(29)14(31)20(35)37-5)41-21-15(32)10(27)8(4-36-21)40-22-17(34)13(30)19(7(3-25)39-22)42-23-16(33)11(28)9(26)6(2-24)38-23/h5-35H,2-4H2,1H3/t5-,6-,7-,8+,9+,10+,11+,12+,13-,14-,15+,16+,17+,18+,19+,20+,21+,22+,23+/m0/s1. The highest BCUT2D eigenvalue weighted by Crippen LogP contribution is 2.32. The Morgan fingerprint density at radius 2 is 1.05 bits per heavy atom. The quantitative estimate of drug-likeness (QED) is 0.120. The molecule has 19 heteroatoms. The second kappa shape index (κ2) is 14.1. The largest absolute Gasteiger partial charge is 0.394 e. The molecule has 0 aromatic rings. The minimum absolute atomic E-state index is 0.469. The maximum atomic E-state index is 10.7. The zero-order chi connectivity index (χ0) is 31.0. The number of hydrogen-bond donors (Lipinski definition) is 12. The average Bonchev–Trinajstić information content (AvgIpc) is 2.97. The van der Waals surface area contributed by atoms with E-state index in [0.717, 1.165) is 0 Å². The van der Waals surface area contributed by atoms with Crippen molar-refractivity contribution in [3.63, 3.8) is 0 Å². The lowest BCUT2D eigenvalue weighted by molar-refractivity contribution is -0.377. The fourth-order valence-electron chi connectivity index (χ4n) is 5.21. The van der Waals surface area contributed by atoms with Crippen LogP contribution in [0.1, 0.15) is 6.92 Å². The molecule has 4 heterocycles. The highest BCUT2D eigenvalue weighted by atomic mass is 16.8. The third-order valence-electron chi connectivity index (χ3n) is 7.79. The molecule has 4 aliphatic heterocycles. The van der Waals surface area contributed by atoms with Crippen molar-refractivity contribution in [2.75, 3.05) is 19.8 Å². The number of aliphatic hydroxyl groups excluding tert-OH is 12. The Hall–Kier alpha value is -0.760. The molecule has 12 N–H and O–H groups in total. The fraction of sp³-hybridized carbons (Fsp3) is 1.00. The molecular weight excluding hydrogens is 580 g/mol. The summed E-state index contributed by atoms with van der Waals surface area (Å²) in [6.07, 6.45) is -30.5. The van der Waals surface area contributed by atoms with Crippen LogP contribution in [0, 0.1) is 0 Å². The zero-order valence-corrected chi connectivity index (χ0v) is 22.3. The monoisotopic (exact) mass is 620 g/mol. The zero-order valence-electron chi connectivity index (χ0n) is 22.3. The molecule has 42 heavy (non-hydrogen) atoms. The minimum Gasteiger partial charge on any atom is -0.394 e. The van der Waals surface area contributed by atoms with Gasteiger partial charge in [-0.15, -0.1) is 0 Å². The van der Waals surface area contributed by atoms with E-state index in [-0.39, 0.29) is 0 Å². The summed E-state index contributed by atoms with van der Waals surface area (Å²) in [6, 6.07) is 0. The van der Waals surface area contributed by atoms with Crippen molar-refractivity contribution >= 4 is 0 Å². The van der Waals surface area contributed by atoms with Crippen LogP contribution in [-0.2, 0) is 33.2 Å². The molecular formula is C23H40O19. The van der Waals surface area contributed by atoms with E-state index in [4.69, 9.17) is 33.2 Å². The van der Waals surface area contributed by atoms with Crippen LogP contribution in [0.25, 0.3) is 0 Å². The molecule has 4 saturated heterocycles. The Morgan fingerprint density at radius 3 is 1.69 bits per heavy atom. The first-order valence-electron chi connectivity index (χ1n) is 13.4. The summed E-state index contributed by atoms with van der Waals surface area (Å²) in [4.78, 5) is 0. The summed E-state index contributed by atoms with van der Waals surface area (Å²) in [5.41, 5.74) is 0. The highest BCUT2D eigenvalue weighted by molar-refractivity contribution is 4.95. The summed E-state index contributed by atoms with van der Waals surface area (Å²) in [7, 11) is 0. The first-order valence-corrected chi connectivity index (χ1v) is 13.4. The van der Waals surface area contributed by atoms with Gasteiger partial charge >= 0.3 is 0 Å². The Balaban J connectivity index is 1.36. The van der Waals surface area contributed by atoms with E-state index in [9.17, 15) is 61.3 Å². The van der Waals surface area contributed by atoms with Crippen LogP contribution in [0.5, 0.6) is 0 Å². The smallest absolute Gasteiger partial charge is 0.187 e. The van der Waals surface area contributed by atoms with Crippen molar-refractivity contribution in [1.82, 2.24) is 0 Å². The van der Waals surface area contributed by atoms with E-state index < -0.39 is 137 Å². The molecule has 0 spiro atoms. The van der Waals surface area contributed by atoms with Crippen LogP contribution in [0.4, 0.5) is 0 Å². The van der Waals surface area contributed by atoms with Crippen molar-refractivity contribution in [3.8, 4) is 0 Å². The Labute approximate surface area is 238 Å². The van der Waals surface area contributed by atoms with E-state index in [2.05, 4.69) is 0 Å². The lowest BCUT2D eigenvalue weighted by Crippen LogP contribution is -2.66. The summed E-state index contributed by atoms with van der Waals surface area (Å²) in [6.45, 7) is -0.610. The van der Waals surface area contributed by atoms with E-state index in [1.54, 1.807) is 0 Å². The van der Waals surface area contributed by atoms with Crippen molar-refractivity contribution < 1.29 is 94.4 Å². The molecule has 4 fully saturated rings. The topological polar surface area (TPSA) is 307 Å². The van der Waals surface area contributed by atoms with Gasteiger partial charge in [-0.05, 0) is 6.92 Å². The van der Waals surface area contributed by atoms with Gasteiger partial charge in [0.15, 0.2) is 25.2 Å². The van der Waals surface area contributed by atoms with Gasteiger partial charge in [0, 0.05) is 0 Å². The average molecular weight is 621 g/mol. The van der Waals surface area contributed by atoms with E-state index in [1.165, 1.54) is 6.92 Å². The number of hydrogen-bond acceptors (Lipinski definition) is 19. The second-order valence-electron chi connectivity index (χ2n) is 10.7. The van der Waals surface area contributed by atoms with Crippen LogP contribution in [-0.4, -0.2) is 198 Å². The molecule has 4 rings (SSSR count).